The number of aliphatic hydroxyl groups excluding tert-OH is 1. The number of carbonyl (C=O) groups is 3. The topological polar surface area (TPSA) is 147 Å². The van der Waals surface area contributed by atoms with Crippen molar-refractivity contribution in [2.75, 3.05) is 19.5 Å². The molecule has 1 aromatic heterocycles. The van der Waals surface area contributed by atoms with Gasteiger partial charge in [0.1, 0.15) is 24.2 Å². The number of amides is 3. The second-order valence-corrected chi connectivity index (χ2v) is 6.54. The van der Waals surface area contributed by atoms with Crippen LogP contribution in [0.2, 0.25) is 0 Å². The Kier molecular flexibility index (Phi) is 5.00. The number of β-lactam (4-membered cyclic amide) rings is 1. The molecule has 3 rings (SSSR count). The quantitative estimate of drug-likeness (QED) is 0.318. The zero-order valence-corrected chi connectivity index (χ0v) is 14.5. The first kappa shape index (κ1) is 18.0. The van der Waals surface area contributed by atoms with Gasteiger partial charge in [0.2, 0.25) is 5.71 Å². The monoisotopic (exact) mass is 380 g/mol. The molecule has 1 saturated heterocycles. The molecule has 3 amide bonds. The Morgan fingerprint density at radius 3 is 2.92 bits per heavy atom. The van der Waals surface area contributed by atoms with Gasteiger partial charge in [-0.05, 0) is 17.7 Å². The summed E-state index contributed by atoms with van der Waals surface area (Å²) >= 11 is 1.31. The second kappa shape index (κ2) is 7.22. The van der Waals surface area contributed by atoms with Gasteiger partial charge in [0.25, 0.3) is 17.7 Å². The number of hydrogen-bond donors (Lipinski definition) is 3. The number of primary amides is 1. The van der Waals surface area contributed by atoms with Crippen LogP contribution in [0.4, 0.5) is 0 Å². The second-order valence-electron chi connectivity index (χ2n) is 5.44. The summed E-state index contributed by atoms with van der Waals surface area (Å²) in [5.41, 5.74) is 5.59. The fourth-order valence-electron chi connectivity index (χ4n) is 2.76. The molecule has 138 valence electrons. The van der Waals surface area contributed by atoms with Gasteiger partial charge >= 0.3 is 0 Å². The lowest BCUT2D eigenvalue weighted by molar-refractivity contribution is -0.146. The summed E-state index contributed by atoms with van der Waals surface area (Å²) < 4.78 is 5.14. The van der Waals surface area contributed by atoms with Crippen molar-refractivity contribution < 1.29 is 28.7 Å². The molecule has 26 heavy (non-hydrogen) atoms. The van der Waals surface area contributed by atoms with E-state index in [1.807, 2.05) is 0 Å². The minimum atomic E-state index is -0.862. The number of hydrogen-bond acceptors (Lipinski definition) is 8. The Balaban J connectivity index is 1.78. The standard InChI is InChI=1S/C15H16N4O6S/c1-24-18-9(8-3-2-4-25-8)13(22)17-10-14(23)19-11(12(16)21)7(5-20)6-26-15(10)19/h2-4,10,15,20H,5-6H2,1H3,(H2,16,21)(H,17,22)/b18-9-/t10-,15-/m1/s1. The maximum atomic E-state index is 12.5. The molecule has 3 heterocycles. The Hall–Kier alpha value is -2.79. The van der Waals surface area contributed by atoms with E-state index in [1.54, 1.807) is 6.07 Å². The van der Waals surface area contributed by atoms with E-state index in [0.29, 0.717) is 11.3 Å². The lowest BCUT2D eigenvalue weighted by Gasteiger charge is -2.49. The molecule has 0 unspecified atom stereocenters. The third-order valence-corrected chi connectivity index (χ3v) is 5.25. The van der Waals surface area contributed by atoms with Crippen LogP contribution in [-0.2, 0) is 19.2 Å². The number of fused-ring (bicyclic) bond motifs is 1. The molecule has 2 atom stereocenters. The number of nitrogens with zero attached hydrogens (tertiary/aromatic N) is 2. The van der Waals surface area contributed by atoms with Crippen LogP contribution < -0.4 is 11.1 Å². The van der Waals surface area contributed by atoms with Gasteiger partial charge in [-0.25, -0.2) is 0 Å². The maximum absolute atomic E-state index is 12.5. The van der Waals surface area contributed by atoms with Crippen molar-refractivity contribution >= 4 is 35.2 Å². The van der Waals surface area contributed by atoms with Crippen molar-refractivity contribution in [3.05, 3.63) is 35.4 Å². The van der Waals surface area contributed by atoms with Gasteiger partial charge in [0, 0.05) is 5.75 Å². The van der Waals surface area contributed by atoms with Gasteiger partial charge in [-0.1, -0.05) is 5.16 Å². The zero-order chi connectivity index (χ0) is 18.8. The number of furan rings is 1. The summed E-state index contributed by atoms with van der Waals surface area (Å²) in [4.78, 5) is 42.5. The highest BCUT2D eigenvalue weighted by Crippen LogP contribution is 2.39. The largest absolute Gasteiger partial charge is 0.462 e. The number of nitrogens with two attached hydrogens (primary N) is 1. The summed E-state index contributed by atoms with van der Waals surface area (Å²) in [7, 11) is 1.28. The van der Waals surface area contributed by atoms with Gasteiger partial charge < -0.3 is 25.4 Å². The lowest BCUT2D eigenvalue weighted by atomic mass is 10.0. The van der Waals surface area contributed by atoms with Crippen LogP contribution in [0, 0.1) is 0 Å². The van der Waals surface area contributed by atoms with Crippen molar-refractivity contribution in [2.45, 2.75) is 11.4 Å². The molecular weight excluding hydrogens is 364 g/mol. The molecule has 2 aliphatic rings. The van der Waals surface area contributed by atoms with Gasteiger partial charge in [-0.3, -0.25) is 19.3 Å². The molecule has 0 bridgehead atoms. The van der Waals surface area contributed by atoms with Crippen LogP contribution in [-0.4, -0.2) is 64.3 Å². The smallest absolute Gasteiger partial charge is 0.277 e. The maximum Gasteiger partial charge on any atom is 0.277 e. The number of rotatable bonds is 6. The van der Waals surface area contributed by atoms with E-state index < -0.39 is 29.1 Å². The molecule has 0 aliphatic carbocycles. The highest BCUT2D eigenvalue weighted by Gasteiger charge is 2.54. The molecule has 0 spiro atoms. The molecule has 0 aromatic carbocycles. The predicted octanol–water partition coefficient (Wildman–Crippen LogP) is -1.24. The number of nitrogens with one attached hydrogen (secondary N) is 1. The lowest BCUT2D eigenvalue weighted by Crippen LogP contribution is -2.71. The average Bonchev–Trinajstić information content (AvgIpc) is 3.16. The molecule has 0 radical (unpaired) electrons. The Morgan fingerprint density at radius 1 is 1.58 bits per heavy atom. The minimum absolute atomic E-state index is 0.0106. The molecule has 1 fully saturated rings. The van der Waals surface area contributed by atoms with Crippen LogP contribution in [0.1, 0.15) is 5.76 Å². The third-order valence-electron chi connectivity index (χ3n) is 3.91. The van der Waals surface area contributed by atoms with Crippen LogP contribution in [0.5, 0.6) is 0 Å². The van der Waals surface area contributed by atoms with Crippen LogP contribution >= 0.6 is 11.8 Å². The van der Waals surface area contributed by atoms with Crippen molar-refractivity contribution in [1.29, 1.82) is 0 Å². The van der Waals surface area contributed by atoms with Crippen LogP contribution in [0.25, 0.3) is 0 Å². The van der Waals surface area contributed by atoms with Crippen molar-refractivity contribution in [1.82, 2.24) is 10.2 Å². The molecule has 10 nitrogen and oxygen atoms in total. The van der Waals surface area contributed by atoms with E-state index in [9.17, 15) is 19.5 Å². The predicted molar refractivity (Wildman–Crippen MR) is 90.6 cm³/mol. The van der Waals surface area contributed by atoms with Gasteiger partial charge in [-0.15, -0.1) is 11.8 Å². The van der Waals surface area contributed by atoms with Gasteiger partial charge in [-0.2, -0.15) is 0 Å². The molecule has 2 aliphatic heterocycles. The number of aliphatic hydroxyl groups is 1. The fraction of sp³-hybridized carbons (Fsp3) is 0.333. The van der Waals surface area contributed by atoms with E-state index in [-0.39, 0.29) is 23.8 Å². The van der Waals surface area contributed by atoms with Crippen molar-refractivity contribution in [2.24, 2.45) is 10.9 Å². The third kappa shape index (κ3) is 2.95. The average molecular weight is 380 g/mol. The highest BCUT2D eigenvalue weighted by atomic mass is 32.2. The summed E-state index contributed by atoms with van der Waals surface area (Å²) in [5.74, 6) is -1.43. The molecule has 0 saturated carbocycles. The van der Waals surface area contributed by atoms with Gasteiger partial charge in [0.05, 0.1) is 12.9 Å². The Bertz CT molecular complexity index is 803. The van der Waals surface area contributed by atoms with Crippen LogP contribution in [0.15, 0.2) is 39.2 Å². The molecule has 4 N–H and O–H groups in total. The first-order chi connectivity index (χ1) is 12.5. The minimum Gasteiger partial charge on any atom is -0.462 e. The molecule has 1 aromatic rings. The highest BCUT2D eigenvalue weighted by molar-refractivity contribution is 8.00. The Morgan fingerprint density at radius 2 is 2.35 bits per heavy atom. The number of carbonyl (C=O) groups excluding carboxylic acids is 3. The molecule has 11 heteroatoms. The van der Waals surface area contributed by atoms with Gasteiger partial charge in [0.15, 0.2) is 5.76 Å². The van der Waals surface area contributed by atoms with E-state index in [4.69, 9.17) is 10.2 Å². The van der Waals surface area contributed by atoms with E-state index in [2.05, 4.69) is 15.3 Å². The van der Waals surface area contributed by atoms with Crippen molar-refractivity contribution in [3.63, 3.8) is 0 Å². The first-order valence-corrected chi connectivity index (χ1v) is 8.57. The first-order valence-electron chi connectivity index (χ1n) is 7.52. The fourth-order valence-corrected chi connectivity index (χ4v) is 4.09. The summed E-state index contributed by atoms with van der Waals surface area (Å²) in [6.45, 7) is -0.373. The summed E-state index contributed by atoms with van der Waals surface area (Å²) in [6.07, 6.45) is 1.38. The van der Waals surface area contributed by atoms with E-state index in [0.717, 1.165) is 0 Å². The number of thioether (sulfide) groups is 1. The summed E-state index contributed by atoms with van der Waals surface area (Å²) in [5, 5.41) is 15.1. The van der Waals surface area contributed by atoms with Crippen LogP contribution in [0.3, 0.4) is 0 Å². The summed E-state index contributed by atoms with van der Waals surface area (Å²) in [6, 6.07) is 2.25. The number of oxime groups is 1. The normalized spacial score (nSPS) is 22.6. The SMILES string of the molecule is CO/N=C(\C(=O)N[C@@H]1C(=O)N2C(C(N)=O)=C(CO)CS[C@H]12)c1ccco1. The molecular formula is C15H16N4O6S. The Labute approximate surface area is 152 Å². The van der Waals surface area contributed by atoms with E-state index >= 15 is 0 Å². The zero-order valence-electron chi connectivity index (χ0n) is 13.7. The van der Waals surface area contributed by atoms with Crippen molar-refractivity contribution in [3.8, 4) is 0 Å². The van der Waals surface area contributed by atoms with E-state index in [1.165, 1.54) is 36.1 Å².